The van der Waals surface area contributed by atoms with Gasteiger partial charge in [0.15, 0.2) is 0 Å². The number of rotatable bonds is 9. The minimum absolute atomic E-state index is 0.00391. The summed E-state index contributed by atoms with van der Waals surface area (Å²) in [4.78, 5) is 47.5. The molecule has 12 nitrogen and oxygen atoms in total. The van der Waals surface area contributed by atoms with Gasteiger partial charge in [-0.2, -0.15) is 15.6 Å². The minimum atomic E-state index is -5.05. The molecule has 0 aliphatic carbocycles. The molecule has 202 valence electrons. The van der Waals surface area contributed by atoms with E-state index in [1.165, 1.54) is 5.56 Å². The third kappa shape index (κ3) is 9.77. The van der Waals surface area contributed by atoms with Crippen molar-refractivity contribution in [1.82, 2.24) is 9.80 Å². The van der Waals surface area contributed by atoms with E-state index in [2.05, 4.69) is 30.9 Å². The van der Waals surface area contributed by atoms with Crippen molar-refractivity contribution < 1.29 is 42.9 Å². The van der Waals surface area contributed by atoms with E-state index in [4.69, 9.17) is 25.3 Å². The number of likely N-dealkylation sites (tertiary alicyclic amines) is 1. The van der Waals surface area contributed by atoms with Crippen LogP contribution in [0.4, 0.5) is 0 Å². The molecule has 2 aromatic rings. The molecule has 1 aromatic heterocycles. The number of benzene rings is 1. The highest BCUT2D eigenvalue weighted by Gasteiger charge is 2.44. The van der Waals surface area contributed by atoms with Crippen molar-refractivity contribution in [2.24, 2.45) is 11.7 Å². The van der Waals surface area contributed by atoms with Gasteiger partial charge < -0.3 is 40.2 Å². The monoisotopic (exact) mass is 565 g/mol. The van der Waals surface area contributed by atoms with Crippen molar-refractivity contribution in [2.45, 2.75) is 18.4 Å². The number of aliphatic hydroxyl groups is 1. The molecule has 2 atom stereocenters. The van der Waals surface area contributed by atoms with Crippen LogP contribution in [0.25, 0.3) is 0 Å². The quantitative estimate of drug-likeness (QED) is 0.240. The molecule has 0 saturated carbocycles. The summed E-state index contributed by atoms with van der Waals surface area (Å²) >= 11 is 1.73. The Kier molecular flexibility index (Phi) is 11.0. The van der Waals surface area contributed by atoms with Crippen LogP contribution in [0, 0.1) is 5.92 Å². The van der Waals surface area contributed by atoms with Crippen LogP contribution in [-0.4, -0.2) is 80.7 Å². The molecule has 0 unspecified atom stereocenters. The fourth-order valence-corrected chi connectivity index (χ4v) is 6.04. The van der Waals surface area contributed by atoms with Crippen LogP contribution < -0.4 is 5.73 Å². The molecule has 1 amide bonds. The number of nitrogens with zero attached hydrogens (tertiary/aromatic N) is 2. The summed E-state index contributed by atoms with van der Waals surface area (Å²) in [6.45, 7) is 3.33. The van der Waals surface area contributed by atoms with E-state index >= 15 is 0 Å². The van der Waals surface area contributed by atoms with Gasteiger partial charge in [0.05, 0.1) is 5.60 Å². The van der Waals surface area contributed by atoms with Crippen LogP contribution >= 0.6 is 27.0 Å². The fourth-order valence-electron chi connectivity index (χ4n) is 4.23. The molecule has 15 heteroatoms. The number of nitrogens with two attached hydrogens (primary N) is 1. The van der Waals surface area contributed by atoms with Gasteiger partial charge in [0, 0.05) is 37.7 Å². The molecule has 1 fully saturated rings. The predicted octanol–water partition coefficient (Wildman–Crippen LogP) is 1.35. The van der Waals surface area contributed by atoms with Crippen molar-refractivity contribution in [3.05, 3.63) is 57.8 Å². The predicted molar refractivity (Wildman–Crippen MR) is 135 cm³/mol. The fraction of sp³-hybridized carbons (Fsp3) is 0.476. The number of primary amides is 1. The lowest BCUT2D eigenvalue weighted by Crippen LogP contribution is -2.54. The molecule has 0 bridgehead atoms. The maximum atomic E-state index is 11.9. The zero-order valence-corrected chi connectivity index (χ0v) is 22.6. The number of thiophene rings is 1. The van der Waals surface area contributed by atoms with Crippen LogP contribution in [0.1, 0.15) is 27.9 Å². The molecule has 1 saturated heterocycles. The summed E-state index contributed by atoms with van der Waals surface area (Å²) in [7, 11) is -6.06. The molecular weight excluding hydrogens is 532 g/mol. The third-order valence-corrected chi connectivity index (χ3v) is 8.15. The Hall–Kier alpha value is -1.47. The van der Waals surface area contributed by atoms with Crippen molar-refractivity contribution in [2.75, 3.05) is 40.3 Å². The van der Waals surface area contributed by atoms with Gasteiger partial charge in [-0.1, -0.05) is 18.2 Å². The van der Waals surface area contributed by atoms with Gasteiger partial charge in [-0.15, -0.1) is 0 Å². The number of carbonyl (C=O) groups excluding carboxylic acids is 1. The van der Waals surface area contributed by atoms with Crippen molar-refractivity contribution in [3.63, 3.8) is 0 Å². The van der Waals surface area contributed by atoms with Crippen LogP contribution in [0.3, 0.4) is 0 Å². The minimum Gasteiger partial charge on any atom is -0.385 e. The van der Waals surface area contributed by atoms with Gasteiger partial charge in [-0.3, -0.25) is 4.79 Å². The van der Waals surface area contributed by atoms with Gasteiger partial charge in [-0.25, -0.2) is 9.13 Å². The van der Waals surface area contributed by atoms with Crippen LogP contribution in [0.5, 0.6) is 0 Å². The molecule has 7 N–H and O–H groups in total. The number of carbonyl (C=O) groups is 1. The summed E-state index contributed by atoms with van der Waals surface area (Å²) in [6, 6.07) is 9.40. The normalized spacial score (nSPS) is 21.2. The molecule has 3 rings (SSSR count). The van der Waals surface area contributed by atoms with Crippen molar-refractivity contribution >= 4 is 32.9 Å². The summed E-state index contributed by atoms with van der Waals surface area (Å²) < 4.78 is 22.2. The topological polar surface area (TPSA) is 194 Å². The van der Waals surface area contributed by atoms with Crippen molar-refractivity contribution in [3.8, 4) is 0 Å². The molecule has 2 heterocycles. The van der Waals surface area contributed by atoms with Gasteiger partial charge in [0.1, 0.15) is 0 Å². The Morgan fingerprint density at radius 1 is 1.19 bits per heavy atom. The van der Waals surface area contributed by atoms with E-state index < -0.39 is 27.2 Å². The lowest BCUT2D eigenvalue weighted by molar-refractivity contribution is -0.0846. The number of piperidine rings is 1. The average Bonchev–Trinajstić information content (AvgIpc) is 3.25. The Bertz CT molecular complexity index is 1070. The molecule has 1 aromatic carbocycles. The largest absolute Gasteiger partial charge is 0.478 e. The first-order valence-corrected chi connectivity index (χ1v) is 14.9. The lowest BCUT2D eigenvalue weighted by Gasteiger charge is -2.46. The molecule has 0 radical (unpaired) electrons. The van der Waals surface area contributed by atoms with E-state index in [9.17, 15) is 19.0 Å². The molecule has 0 spiro atoms. The van der Waals surface area contributed by atoms with E-state index in [-0.39, 0.29) is 5.92 Å². The van der Waals surface area contributed by atoms with E-state index in [1.54, 1.807) is 23.5 Å². The summed E-state index contributed by atoms with van der Waals surface area (Å²) in [5.74, 6) is -0.480. The number of amides is 1. The highest BCUT2D eigenvalue weighted by atomic mass is 32.1. The summed E-state index contributed by atoms with van der Waals surface area (Å²) in [5, 5.41) is 16.0. The van der Waals surface area contributed by atoms with Gasteiger partial charge in [0.2, 0.25) is 5.91 Å². The van der Waals surface area contributed by atoms with Gasteiger partial charge >= 0.3 is 15.6 Å². The summed E-state index contributed by atoms with van der Waals surface area (Å²) in [6.07, 6.45) is 1.62. The van der Waals surface area contributed by atoms with Crippen LogP contribution in [-0.2, 0) is 25.5 Å². The Labute approximate surface area is 213 Å². The van der Waals surface area contributed by atoms with E-state index in [1.807, 2.05) is 26.2 Å². The first-order valence-electron chi connectivity index (χ1n) is 10.9. The number of hydrogen-bond donors (Lipinski definition) is 6. The average molecular weight is 566 g/mol. The van der Waals surface area contributed by atoms with Crippen LogP contribution in [0.2, 0.25) is 0 Å². The lowest BCUT2D eigenvalue weighted by atomic mass is 9.74. The standard InChI is InChI=1S/C21H29N3O2S.H4O7P2/c1-23(2)13-17-14-24(10-7-16-8-12-27-15-16)11-9-21(17,26)19-6-4-3-5-18(19)20(22)25;1-8(2,3)7-9(4,5)6/h3-6,8,12,15,17,26H,7,9-11,13-14H2,1-2H3,(H2,22,25);(H2,1,2,3)(H2,4,5,6)/t17-,21+;/m0./s1. The SMILES string of the molecule is CN(C)C[C@H]1CN(CCc2ccsc2)CC[C@]1(O)c1ccccc1C(N)=O.O=P(O)(O)OP(=O)(O)O. The molecular formula is C21H33N3O9P2S. The zero-order valence-electron chi connectivity index (χ0n) is 20.0. The first kappa shape index (κ1) is 30.8. The number of phosphoric acid groups is 2. The van der Waals surface area contributed by atoms with Crippen LogP contribution in [0.15, 0.2) is 41.1 Å². The van der Waals surface area contributed by atoms with Crippen molar-refractivity contribution in [1.29, 1.82) is 0 Å². The van der Waals surface area contributed by atoms with E-state index in [0.29, 0.717) is 17.5 Å². The maximum absolute atomic E-state index is 11.9. The Balaban J connectivity index is 0.000000434. The Morgan fingerprint density at radius 3 is 2.33 bits per heavy atom. The zero-order chi connectivity index (χ0) is 27.1. The smallest absolute Gasteiger partial charge is 0.385 e. The van der Waals surface area contributed by atoms with Gasteiger partial charge in [0.25, 0.3) is 0 Å². The van der Waals surface area contributed by atoms with Gasteiger partial charge in [-0.05, 0) is 61.0 Å². The summed E-state index contributed by atoms with van der Waals surface area (Å²) in [5.41, 5.74) is 7.00. The number of hydrogen-bond acceptors (Lipinski definition) is 8. The molecule has 1 aliphatic rings. The maximum Gasteiger partial charge on any atom is 0.478 e. The second-order valence-electron chi connectivity index (χ2n) is 8.79. The third-order valence-electron chi connectivity index (χ3n) is 5.72. The van der Waals surface area contributed by atoms with E-state index in [0.717, 1.165) is 32.6 Å². The highest BCUT2D eigenvalue weighted by Crippen LogP contribution is 2.53. The Morgan fingerprint density at radius 2 is 1.83 bits per heavy atom. The molecule has 1 aliphatic heterocycles. The second-order valence-corrected chi connectivity index (χ2v) is 12.2. The molecule has 36 heavy (non-hydrogen) atoms. The first-order chi connectivity index (χ1) is 16.6. The highest BCUT2D eigenvalue weighted by molar-refractivity contribution is 7.60. The second kappa shape index (κ2) is 12.9.